The Balaban J connectivity index is 1.50. The molecular formula is C21H14ClN3O2. The molecule has 4 aromatic rings. The number of fused-ring (bicyclic) bond motifs is 1. The van der Waals surface area contributed by atoms with Crippen LogP contribution >= 0.6 is 11.6 Å². The van der Waals surface area contributed by atoms with Crippen molar-refractivity contribution in [2.24, 2.45) is 0 Å². The van der Waals surface area contributed by atoms with Gasteiger partial charge in [0.1, 0.15) is 5.52 Å². The minimum Gasteiger partial charge on any atom is -0.436 e. The van der Waals surface area contributed by atoms with E-state index in [1.54, 1.807) is 48.8 Å². The van der Waals surface area contributed by atoms with Gasteiger partial charge in [-0.1, -0.05) is 23.7 Å². The van der Waals surface area contributed by atoms with E-state index in [2.05, 4.69) is 15.3 Å². The molecule has 1 N–H and O–H groups in total. The van der Waals surface area contributed by atoms with E-state index in [9.17, 15) is 4.79 Å². The first-order valence-electron chi connectivity index (χ1n) is 8.23. The average molecular weight is 376 g/mol. The molecule has 2 heterocycles. The summed E-state index contributed by atoms with van der Waals surface area (Å²) < 4.78 is 5.74. The Morgan fingerprint density at radius 2 is 1.96 bits per heavy atom. The summed E-state index contributed by atoms with van der Waals surface area (Å²) in [7, 11) is 0. The monoisotopic (exact) mass is 375 g/mol. The largest absolute Gasteiger partial charge is 0.436 e. The van der Waals surface area contributed by atoms with E-state index in [-0.39, 0.29) is 5.91 Å². The van der Waals surface area contributed by atoms with Crippen LogP contribution in [0.2, 0.25) is 5.02 Å². The third-order valence-electron chi connectivity index (χ3n) is 3.86. The second kappa shape index (κ2) is 7.43. The van der Waals surface area contributed by atoms with E-state index >= 15 is 0 Å². The minimum absolute atomic E-state index is 0.236. The standard InChI is InChI=1S/C21H14ClN3O2/c22-16-6-3-14(4-7-16)5-10-20(26)24-17-8-9-19-18(12-17)25-21(27-19)15-2-1-11-23-13-15/h1-13H,(H,24,26). The van der Waals surface area contributed by atoms with Gasteiger partial charge in [-0.2, -0.15) is 0 Å². The molecule has 0 aliphatic rings. The second-order valence-electron chi connectivity index (χ2n) is 5.82. The van der Waals surface area contributed by atoms with Crippen molar-refractivity contribution < 1.29 is 9.21 Å². The van der Waals surface area contributed by atoms with Crippen molar-refractivity contribution in [3.8, 4) is 11.5 Å². The maximum absolute atomic E-state index is 12.1. The lowest BCUT2D eigenvalue weighted by atomic mass is 10.2. The molecular weight excluding hydrogens is 362 g/mol. The number of anilines is 1. The Morgan fingerprint density at radius 3 is 2.74 bits per heavy atom. The summed E-state index contributed by atoms with van der Waals surface area (Å²) >= 11 is 5.85. The van der Waals surface area contributed by atoms with Crippen molar-refractivity contribution in [2.75, 3.05) is 5.32 Å². The zero-order valence-corrected chi connectivity index (χ0v) is 14.9. The highest BCUT2D eigenvalue weighted by atomic mass is 35.5. The van der Waals surface area contributed by atoms with E-state index in [0.717, 1.165) is 11.1 Å². The number of rotatable bonds is 4. The van der Waals surface area contributed by atoms with Crippen LogP contribution in [0.25, 0.3) is 28.6 Å². The SMILES string of the molecule is O=C(C=Cc1ccc(Cl)cc1)Nc1ccc2oc(-c3cccnc3)nc2c1. The van der Waals surface area contributed by atoms with Crippen molar-refractivity contribution in [3.63, 3.8) is 0 Å². The van der Waals surface area contributed by atoms with E-state index in [4.69, 9.17) is 16.0 Å². The van der Waals surface area contributed by atoms with Crippen LogP contribution < -0.4 is 5.32 Å². The molecule has 5 nitrogen and oxygen atoms in total. The zero-order chi connectivity index (χ0) is 18.6. The molecule has 0 bridgehead atoms. The maximum Gasteiger partial charge on any atom is 0.248 e. The highest BCUT2D eigenvalue weighted by Gasteiger charge is 2.09. The van der Waals surface area contributed by atoms with Gasteiger partial charge in [0.05, 0.1) is 5.56 Å². The number of nitrogens with one attached hydrogen (secondary N) is 1. The minimum atomic E-state index is -0.236. The van der Waals surface area contributed by atoms with Crippen LogP contribution in [0.1, 0.15) is 5.56 Å². The molecule has 0 saturated heterocycles. The molecule has 132 valence electrons. The number of halogens is 1. The zero-order valence-electron chi connectivity index (χ0n) is 14.1. The summed E-state index contributed by atoms with van der Waals surface area (Å²) in [5, 5.41) is 3.47. The highest BCUT2D eigenvalue weighted by molar-refractivity contribution is 6.30. The van der Waals surface area contributed by atoms with E-state index in [0.29, 0.717) is 27.7 Å². The van der Waals surface area contributed by atoms with Gasteiger partial charge in [0.25, 0.3) is 0 Å². The fourth-order valence-corrected chi connectivity index (χ4v) is 2.67. The fraction of sp³-hybridized carbons (Fsp3) is 0. The van der Waals surface area contributed by atoms with Gasteiger partial charge in [0.15, 0.2) is 5.58 Å². The van der Waals surface area contributed by atoms with Gasteiger partial charge in [-0.25, -0.2) is 4.98 Å². The number of amides is 1. The molecule has 0 aliphatic heterocycles. The highest BCUT2D eigenvalue weighted by Crippen LogP contribution is 2.25. The third-order valence-corrected chi connectivity index (χ3v) is 4.11. The average Bonchev–Trinajstić information content (AvgIpc) is 3.12. The number of aromatic nitrogens is 2. The number of carbonyl (C=O) groups is 1. The molecule has 0 atom stereocenters. The number of hydrogen-bond acceptors (Lipinski definition) is 4. The predicted molar refractivity (Wildman–Crippen MR) is 106 cm³/mol. The second-order valence-corrected chi connectivity index (χ2v) is 6.25. The van der Waals surface area contributed by atoms with Gasteiger partial charge in [-0.15, -0.1) is 0 Å². The van der Waals surface area contributed by atoms with Crippen LogP contribution in [-0.4, -0.2) is 15.9 Å². The molecule has 0 spiro atoms. The van der Waals surface area contributed by atoms with Gasteiger partial charge >= 0.3 is 0 Å². The molecule has 4 rings (SSSR count). The van der Waals surface area contributed by atoms with E-state index < -0.39 is 0 Å². The Morgan fingerprint density at radius 1 is 1.11 bits per heavy atom. The van der Waals surface area contributed by atoms with Crippen molar-refractivity contribution in [2.45, 2.75) is 0 Å². The Hall–Kier alpha value is -3.44. The van der Waals surface area contributed by atoms with Crippen LogP contribution in [-0.2, 0) is 4.79 Å². The molecule has 0 fully saturated rings. The Labute approximate surface area is 160 Å². The van der Waals surface area contributed by atoms with Crippen LogP contribution in [0, 0.1) is 0 Å². The molecule has 0 radical (unpaired) electrons. The van der Waals surface area contributed by atoms with E-state index in [1.807, 2.05) is 24.3 Å². The van der Waals surface area contributed by atoms with Crippen LogP contribution in [0.4, 0.5) is 5.69 Å². The molecule has 2 aromatic heterocycles. The number of carbonyl (C=O) groups excluding carboxylic acids is 1. The van der Waals surface area contributed by atoms with Crippen LogP contribution in [0.3, 0.4) is 0 Å². The molecule has 2 aromatic carbocycles. The normalized spacial score (nSPS) is 11.1. The molecule has 0 unspecified atom stereocenters. The van der Waals surface area contributed by atoms with Gasteiger partial charge in [-0.05, 0) is 54.1 Å². The summed E-state index contributed by atoms with van der Waals surface area (Å²) in [5.41, 5.74) is 3.63. The third kappa shape index (κ3) is 4.04. The fourth-order valence-electron chi connectivity index (χ4n) is 2.55. The van der Waals surface area contributed by atoms with Crippen molar-refractivity contribution >= 4 is 40.4 Å². The van der Waals surface area contributed by atoms with Crippen molar-refractivity contribution in [1.29, 1.82) is 0 Å². The first-order chi connectivity index (χ1) is 13.2. The Kier molecular flexibility index (Phi) is 4.68. The topological polar surface area (TPSA) is 68.0 Å². The Bertz CT molecular complexity index is 1120. The molecule has 0 saturated carbocycles. The van der Waals surface area contributed by atoms with Crippen molar-refractivity contribution in [1.82, 2.24) is 9.97 Å². The smallest absolute Gasteiger partial charge is 0.248 e. The summed E-state index contributed by atoms with van der Waals surface area (Å²) in [6.45, 7) is 0. The molecule has 1 amide bonds. The lowest BCUT2D eigenvalue weighted by Gasteiger charge is -2.01. The molecule has 0 aliphatic carbocycles. The van der Waals surface area contributed by atoms with Gasteiger partial charge < -0.3 is 9.73 Å². The van der Waals surface area contributed by atoms with Gasteiger partial charge in [0, 0.05) is 29.2 Å². The van der Waals surface area contributed by atoms with Crippen LogP contribution in [0.5, 0.6) is 0 Å². The first kappa shape index (κ1) is 17.0. The van der Waals surface area contributed by atoms with Gasteiger partial charge in [0.2, 0.25) is 11.8 Å². The number of oxazole rings is 1. The lowest BCUT2D eigenvalue weighted by Crippen LogP contribution is -2.07. The number of benzene rings is 2. The van der Waals surface area contributed by atoms with Crippen molar-refractivity contribution in [3.05, 3.63) is 83.7 Å². The predicted octanol–water partition coefficient (Wildman–Crippen LogP) is 5.20. The first-order valence-corrected chi connectivity index (χ1v) is 8.61. The summed E-state index contributed by atoms with van der Waals surface area (Å²) in [6, 6.07) is 16.3. The molecule has 27 heavy (non-hydrogen) atoms. The number of nitrogens with zero attached hydrogens (tertiary/aromatic N) is 2. The summed E-state index contributed by atoms with van der Waals surface area (Å²) in [6.07, 6.45) is 6.57. The summed E-state index contributed by atoms with van der Waals surface area (Å²) in [5.74, 6) is 0.254. The van der Waals surface area contributed by atoms with E-state index in [1.165, 1.54) is 6.08 Å². The number of pyridine rings is 1. The quantitative estimate of drug-likeness (QED) is 0.498. The maximum atomic E-state index is 12.1. The lowest BCUT2D eigenvalue weighted by molar-refractivity contribution is -0.111. The van der Waals surface area contributed by atoms with Crippen LogP contribution in [0.15, 0.2) is 77.5 Å². The molecule has 6 heteroatoms. The summed E-state index contributed by atoms with van der Waals surface area (Å²) in [4.78, 5) is 20.7. The number of hydrogen-bond donors (Lipinski definition) is 1. The van der Waals surface area contributed by atoms with Gasteiger partial charge in [-0.3, -0.25) is 9.78 Å².